The lowest BCUT2D eigenvalue weighted by Crippen LogP contribution is -2.05. The van der Waals surface area contributed by atoms with Gasteiger partial charge in [0.25, 0.3) is 0 Å². The molecule has 3 N–H and O–H groups in total. The number of hydrogen-bond acceptors (Lipinski definition) is 6. The average Bonchev–Trinajstić information content (AvgIpc) is 2.89. The molecule has 0 amide bonds. The molecular weight excluding hydrogens is 230 g/mol. The predicted molar refractivity (Wildman–Crippen MR) is 66.2 cm³/mol. The number of nitrogens with two attached hydrogens (primary N) is 1. The highest BCUT2D eigenvalue weighted by atomic mass is 15.5. The van der Waals surface area contributed by atoms with Crippen LogP contribution in [-0.2, 0) is 6.54 Å². The van der Waals surface area contributed by atoms with E-state index in [4.69, 9.17) is 5.73 Å². The Morgan fingerprint density at radius 1 is 1.22 bits per heavy atom. The number of nitrogens with zero attached hydrogens (tertiary/aromatic N) is 5. The molecule has 0 unspecified atom stereocenters. The number of hydrogen-bond donors (Lipinski definition) is 2. The first-order valence-corrected chi connectivity index (χ1v) is 5.45. The fraction of sp³-hybridized carbons (Fsp3) is 0.0909. The van der Waals surface area contributed by atoms with Crippen LogP contribution in [0.1, 0.15) is 5.56 Å². The summed E-state index contributed by atoms with van der Waals surface area (Å²) in [6.07, 6.45) is 3.26. The Hall–Kier alpha value is -2.54. The topological polar surface area (TPSA) is 94.0 Å². The van der Waals surface area contributed by atoms with E-state index in [1.165, 1.54) is 0 Å². The van der Waals surface area contributed by atoms with Crippen molar-refractivity contribution >= 4 is 17.2 Å². The summed E-state index contributed by atoms with van der Waals surface area (Å²) < 4.78 is 1.58. The van der Waals surface area contributed by atoms with Crippen LogP contribution in [0.5, 0.6) is 0 Å². The van der Waals surface area contributed by atoms with Crippen molar-refractivity contribution in [3.63, 3.8) is 0 Å². The summed E-state index contributed by atoms with van der Waals surface area (Å²) in [5.41, 5.74) is 8.22. The van der Waals surface area contributed by atoms with E-state index in [1.54, 1.807) is 16.9 Å². The summed E-state index contributed by atoms with van der Waals surface area (Å²) in [4.78, 5) is 4.08. The monoisotopic (exact) mass is 241 g/mol. The molecule has 0 aliphatic carbocycles. The van der Waals surface area contributed by atoms with Crippen molar-refractivity contribution in [3.8, 4) is 0 Å². The lowest BCUT2D eigenvalue weighted by atomic mass is 10.2. The van der Waals surface area contributed by atoms with Crippen molar-refractivity contribution < 1.29 is 0 Å². The van der Waals surface area contributed by atoms with Gasteiger partial charge in [-0.25, -0.2) is 0 Å². The first kappa shape index (κ1) is 10.6. The smallest absolute Gasteiger partial charge is 0.199 e. The first-order valence-electron chi connectivity index (χ1n) is 5.45. The Balaban J connectivity index is 2.04. The van der Waals surface area contributed by atoms with Gasteiger partial charge in [0.2, 0.25) is 0 Å². The van der Waals surface area contributed by atoms with E-state index in [0.29, 0.717) is 18.0 Å². The highest BCUT2D eigenvalue weighted by Gasteiger charge is 2.06. The Kier molecular flexibility index (Phi) is 2.58. The number of rotatable bonds is 3. The van der Waals surface area contributed by atoms with Gasteiger partial charge in [0.15, 0.2) is 11.5 Å². The van der Waals surface area contributed by atoms with Gasteiger partial charge < -0.3 is 11.1 Å². The summed E-state index contributed by atoms with van der Waals surface area (Å²) in [7, 11) is 0. The summed E-state index contributed by atoms with van der Waals surface area (Å²) >= 11 is 0. The minimum absolute atomic E-state index is 0.461. The number of anilines is 2. The van der Waals surface area contributed by atoms with Crippen LogP contribution in [0.25, 0.3) is 5.65 Å². The molecule has 3 rings (SSSR count). The van der Waals surface area contributed by atoms with Crippen molar-refractivity contribution in [1.29, 1.82) is 0 Å². The zero-order valence-electron chi connectivity index (χ0n) is 9.48. The van der Waals surface area contributed by atoms with Gasteiger partial charge in [-0.05, 0) is 22.1 Å². The van der Waals surface area contributed by atoms with Crippen LogP contribution in [0.2, 0.25) is 0 Å². The third-order valence-electron chi connectivity index (χ3n) is 2.61. The number of benzene rings is 1. The summed E-state index contributed by atoms with van der Waals surface area (Å²) in [6.45, 7) is 0.461. The van der Waals surface area contributed by atoms with Crippen LogP contribution < -0.4 is 11.1 Å². The van der Waals surface area contributed by atoms with E-state index in [-0.39, 0.29) is 0 Å². The van der Waals surface area contributed by atoms with E-state index in [1.807, 2.05) is 24.3 Å². The Labute approximate surface area is 103 Å². The molecule has 7 heteroatoms. The number of para-hydroxylation sites is 1. The SMILES string of the molecule is NCc1ccccc1Nc1cncc2nnnn12. The van der Waals surface area contributed by atoms with Crippen molar-refractivity contribution in [2.24, 2.45) is 5.73 Å². The second-order valence-electron chi connectivity index (χ2n) is 3.73. The first-order chi connectivity index (χ1) is 8.88. The van der Waals surface area contributed by atoms with Crippen molar-refractivity contribution in [3.05, 3.63) is 42.2 Å². The van der Waals surface area contributed by atoms with E-state index < -0.39 is 0 Å². The molecule has 0 radical (unpaired) electrons. The van der Waals surface area contributed by atoms with E-state index in [2.05, 4.69) is 25.8 Å². The molecule has 0 saturated heterocycles. The maximum absolute atomic E-state index is 5.69. The van der Waals surface area contributed by atoms with Gasteiger partial charge >= 0.3 is 0 Å². The van der Waals surface area contributed by atoms with Crippen molar-refractivity contribution in [2.45, 2.75) is 6.54 Å². The maximum atomic E-state index is 5.69. The van der Waals surface area contributed by atoms with Crippen LogP contribution in [0.4, 0.5) is 11.5 Å². The summed E-state index contributed by atoms with van der Waals surface area (Å²) in [5, 5.41) is 14.6. The number of tetrazole rings is 1. The van der Waals surface area contributed by atoms with Gasteiger partial charge in [-0.1, -0.05) is 18.2 Å². The summed E-state index contributed by atoms with van der Waals surface area (Å²) in [5.74, 6) is 0.693. The van der Waals surface area contributed by atoms with Crippen LogP contribution >= 0.6 is 0 Å². The molecule has 18 heavy (non-hydrogen) atoms. The van der Waals surface area contributed by atoms with Gasteiger partial charge in [0.1, 0.15) is 0 Å². The summed E-state index contributed by atoms with van der Waals surface area (Å²) in [6, 6.07) is 7.80. The molecule has 1 aromatic carbocycles. The molecule has 0 fully saturated rings. The Morgan fingerprint density at radius 2 is 2.11 bits per heavy atom. The minimum atomic E-state index is 0.461. The van der Waals surface area contributed by atoms with E-state index in [9.17, 15) is 0 Å². The zero-order valence-corrected chi connectivity index (χ0v) is 9.48. The normalized spacial score (nSPS) is 10.7. The van der Waals surface area contributed by atoms with Crippen LogP contribution in [0.3, 0.4) is 0 Å². The van der Waals surface area contributed by atoms with E-state index in [0.717, 1.165) is 11.3 Å². The van der Waals surface area contributed by atoms with Gasteiger partial charge in [-0.15, -0.1) is 5.10 Å². The number of fused-ring (bicyclic) bond motifs is 1. The third kappa shape index (κ3) is 1.76. The van der Waals surface area contributed by atoms with Gasteiger partial charge in [0.05, 0.1) is 12.4 Å². The van der Waals surface area contributed by atoms with Crippen LogP contribution in [-0.4, -0.2) is 25.0 Å². The minimum Gasteiger partial charge on any atom is -0.339 e. The average molecular weight is 241 g/mol. The third-order valence-corrected chi connectivity index (χ3v) is 2.61. The molecule has 0 aliphatic rings. The lowest BCUT2D eigenvalue weighted by Gasteiger charge is -2.10. The standard InChI is InChI=1S/C11H11N7/c12-5-8-3-1-2-4-9(8)14-10-6-13-7-11-15-16-17-18(10)11/h1-4,6-7,14H,5,12H2. The Bertz CT molecular complexity index is 676. The largest absolute Gasteiger partial charge is 0.339 e. The molecule has 2 heterocycles. The fourth-order valence-electron chi connectivity index (χ4n) is 1.72. The fourth-order valence-corrected chi connectivity index (χ4v) is 1.72. The molecule has 7 nitrogen and oxygen atoms in total. The van der Waals surface area contributed by atoms with Crippen molar-refractivity contribution in [1.82, 2.24) is 25.0 Å². The second-order valence-corrected chi connectivity index (χ2v) is 3.73. The highest BCUT2D eigenvalue weighted by molar-refractivity contribution is 5.61. The molecular formula is C11H11N7. The van der Waals surface area contributed by atoms with Crippen molar-refractivity contribution in [2.75, 3.05) is 5.32 Å². The molecule has 0 spiro atoms. The Morgan fingerprint density at radius 3 is 3.00 bits per heavy atom. The van der Waals surface area contributed by atoms with E-state index >= 15 is 0 Å². The molecule has 0 atom stereocenters. The molecule has 0 bridgehead atoms. The van der Waals surface area contributed by atoms with Crippen LogP contribution in [0.15, 0.2) is 36.7 Å². The second kappa shape index (κ2) is 4.38. The van der Waals surface area contributed by atoms with Crippen LogP contribution in [0, 0.1) is 0 Å². The molecule has 3 aromatic rings. The van der Waals surface area contributed by atoms with Gasteiger partial charge in [0, 0.05) is 12.2 Å². The number of nitrogens with one attached hydrogen (secondary N) is 1. The molecule has 0 saturated carbocycles. The molecule has 90 valence electrons. The number of aromatic nitrogens is 5. The molecule has 2 aromatic heterocycles. The maximum Gasteiger partial charge on any atom is 0.199 e. The van der Waals surface area contributed by atoms with Gasteiger partial charge in [-0.3, -0.25) is 4.98 Å². The quantitative estimate of drug-likeness (QED) is 0.701. The predicted octanol–water partition coefficient (Wildman–Crippen LogP) is 0.722. The lowest BCUT2D eigenvalue weighted by molar-refractivity contribution is 0.825. The molecule has 0 aliphatic heterocycles. The zero-order chi connectivity index (χ0) is 12.4. The van der Waals surface area contributed by atoms with Gasteiger partial charge in [-0.2, -0.15) is 4.52 Å². The highest BCUT2D eigenvalue weighted by Crippen LogP contribution is 2.19.